The van der Waals surface area contributed by atoms with E-state index in [0.29, 0.717) is 0 Å². The van der Waals surface area contributed by atoms with E-state index in [9.17, 15) is 24.5 Å². The van der Waals surface area contributed by atoms with Crippen LogP contribution in [0, 0.1) is 10.1 Å². The fourth-order valence-corrected chi connectivity index (χ4v) is 2.16. The van der Waals surface area contributed by atoms with Gasteiger partial charge < -0.3 is 26.2 Å². The number of carbonyl (C=O) groups is 3. The third kappa shape index (κ3) is 5.84. The summed E-state index contributed by atoms with van der Waals surface area (Å²) < 4.78 is 0. The first-order valence-corrected chi connectivity index (χ1v) is 8.40. The molecular weight excluding hydrogens is 398 g/mol. The molecule has 30 heavy (non-hydrogen) atoms. The van der Waals surface area contributed by atoms with Crippen LogP contribution in [-0.4, -0.2) is 50.6 Å². The van der Waals surface area contributed by atoms with Gasteiger partial charge in [0.25, 0.3) is 11.8 Å². The number of nitrogens with zero attached hydrogens (tertiary/aromatic N) is 2. The largest absolute Gasteiger partial charge is 0.480 e. The zero-order valence-electron chi connectivity index (χ0n) is 15.3. The van der Waals surface area contributed by atoms with Crippen LogP contribution >= 0.6 is 0 Å². The van der Waals surface area contributed by atoms with E-state index in [1.807, 2.05) is 5.32 Å². The molecule has 1 atom stereocenters. The number of carboxylic acid groups (broad SMARTS) is 1. The molecule has 12 heteroatoms. The zero-order chi connectivity index (χ0) is 22.1. The minimum absolute atomic E-state index is 0.206. The molecule has 0 aliphatic carbocycles. The Labute approximate surface area is 169 Å². The monoisotopic (exact) mass is 415 g/mol. The number of aliphatic carboxylic acids is 1. The topological polar surface area (TPSA) is 184 Å². The molecule has 156 valence electrons. The van der Waals surface area contributed by atoms with Crippen molar-refractivity contribution in [3.8, 4) is 0 Å². The summed E-state index contributed by atoms with van der Waals surface area (Å²) in [5, 5.41) is 35.9. The van der Waals surface area contributed by atoms with Crippen molar-refractivity contribution >= 4 is 29.3 Å². The van der Waals surface area contributed by atoms with Crippen LogP contribution in [0.3, 0.4) is 0 Å². The predicted molar refractivity (Wildman–Crippen MR) is 103 cm³/mol. The lowest BCUT2D eigenvalue weighted by Gasteiger charge is -2.15. The molecule has 2 rings (SSSR count). The Morgan fingerprint density at radius 2 is 1.87 bits per heavy atom. The van der Waals surface area contributed by atoms with Crippen molar-refractivity contribution < 1.29 is 29.5 Å². The average Bonchev–Trinajstić information content (AvgIpc) is 2.75. The second-order valence-electron chi connectivity index (χ2n) is 5.70. The standard InChI is InChI=1S/C18H17N5O7/c24-10-13(18(27)28)22-17(26)12(21-16(25)11-5-2-1-3-6-11)9-20-15-14(23(29)30)7-4-8-19-15/h1-9,13,24H,10H2,(H,19,20)(H,21,25)(H,22,26)(H,27,28)/b12-9-. The Bertz CT molecular complexity index is 978. The van der Waals surface area contributed by atoms with Crippen LogP contribution in [0.5, 0.6) is 0 Å². The van der Waals surface area contributed by atoms with Crippen LogP contribution in [0.1, 0.15) is 10.4 Å². The fraction of sp³-hybridized carbons (Fsp3) is 0.111. The summed E-state index contributed by atoms with van der Waals surface area (Å²) in [4.78, 5) is 50.1. The van der Waals surface area contributed by atoms with Crippen molar-refractivity contribution in [2.75, 3.05) is 11.9 Å². The Balaban J connectivity index is 2.31. The maximum absolute atomic E-state index is 12.5. The summed E-state index contributed by atoms with van der Waals surface area (Å²) in [6.45, 7) is -0.889. The summed E-state index contributed by atoms with van der Waals surface area (Å²) in [6.07, 6.45) is 2.21. The van der Waals surface area contributed by atoms with Crippen molar-refractivity contribution in [1.82, 2.24) is 15.6 Å². The minimum Gasteiger partial charge on any atom is -0.480 e. The number of hydrogen-bond donors (Lipinski definition) is 5. The lowest BCUT2D eigenvalue weighted by Crippen LogP contribution is -2.46. The van der Waals surface area contributed by atoms with Gasteiger partial charge in [-0.25, -0.2) is 9.78 Å². The number of carbonyl (C=O) groups excluding carboxylic acids is 2. The molecule has 0 spiro atoms. The summed E-state index contributed by atoms with van der Waals surface area (Å²) in [7, 11) is 0. The maximum atomic E-state index is 12.5. The highest BCUT2D eigenvalue weighted by Gasteiger charge is 2.23. The molecule has 0 aliphatic heterocycles. The fourth-order valence-electron chi connectivity index (χ4n) is 2.16. The molecule has 1 aromatic carbocycles. The first-order chi connectivity index (χ1) is 14.3. The van der Waals surface area contributed by atoms with E-state index in [4.69, 9.17) is 10.2 Å². The highest BCUT2D eigenvalue weighted by molar-refractivity contribution is 6.03. The second-order valence-corrected chi connectivity index (χ2v) is 5.70. The highest BCUT2D eigenvalue weighted by Crippen LogP contribution is 2.20. The zero-order valence-corrected chi connectivity index (χ0v) is 15.3. The van der Waals surface area contributed by atoms with E-state index in [1.165, 1.54) is 30.5 Å². The number of anilines is 1. The summed E-state index contributed by atoms with van der Waals surface area (Å²) in [5.74, 6) is -3.44. The van der Waals surface area contributed by atoms with Crippen molar-refractivity contribution in [2.45, 2.75) is 6.04 Å². The van der Waals surface area contributed by atoms with Crippen molar-refractivity contribution in [1.29, 1.82) is 0 Å². The van der Waals surface area contributed by atoms with Gasteiger partial charge in [0.15, 0.2) is 6.04 Å². The molecule has 1 unspecified atom stereocenters. The van der Waals surface area contributed by atoms with Crippen LogP contribution in [0.15, 0.2) is 60.6 Å². The van der Waals surface area contributed by atoms with Gasteiger partial charge in [-0.15, -0.1) is 0 Å². The molecular formula is C18H17N5O7. The summed E-state index contributed by atoms with van der Waals surface area (Å²) >= 11 is 0. The number of amides is 2. The van der Waals surface area contributed by atoms with Crippen LogP contribution in [0.4, 0.5) is 11.5 Å². The smallest absolute Gasteiger partial charge is 0.328 e. The third-order valence-corrected chi connectivity index (χ3v) is 3.65. The van der Waals surface area contributed by atoms with Gasteiger partial charge in [-0.2, -0.15) is 0 Å². The Morgan fingerprint density at radius 3 is 2.47 bits per heavy atom. The SMILES string of the molecule is O=C(NC(CO)C(=O)O)/C(=C/Nc1ncccc1[N+](=O)[O-])NC(=O)c1ccccc1. The molecule has 0 bridgehead atoms. The maximum Gasteiger partial charge on any atom is 0.328 e. The van der Waals surface area contributed by atoms with E-state index >= 15 is 0 Å². The lowest BCUT2D eigenvalue weighted by atomic mass is 10.2. The van der Waals surface area contributed by atoms with Crippen LogP contribution in [-0.2, 0) is 9.59 Å². The van der Waals surface area contributed by atoms with E-state index < -0.39 is 41.1 Å². The van der Waals surface area contributed by atoms with Gasteiger partial charge in [-0.1, -0.05) is 18.2 Å². The molecule has 0 saturated carbocycles. The van der Waals surface area contributed by atoms with Crippen LogP contribution in [0.2, 0.25) is 0 Å². The number of nitrogens with one attached hydrogen (secondary N) is 3. The first kappa shape index (κ1) is 22.0. The number of aromatic nitrogens is 1. The van der Waals surface area contributed by atoms with Gasteiger partial charge >= 0.3 is 11.7 Å². The Morgan fingerprint density at radius 1 is 1.17 bits per heavy atom. The molecule has 5 N–H and O–H groups in total. The molecule has 0 radical (unpaired) electrons. The quantitative estimate of drug-likeness (QED) is 0.217. The molecule has 12 nitrogen and oxygen atoms in total. The molecule has 1 heterocycles. The van der Waals surface area contributed by atoms with Gasteiger partial charge in [0, 0.05) is 24.0 Å². The van der Waals surface area contributed by atoms with E-state index in [0.717, 1.165) is 6.20 Å². The van der Waals surface area contributed by atoms with Crippen LogP contribution in [0.25, 0.3) is 0 Å². The van der Waals surface area contributed by atoms with Gasteiger partial charge in [0.2, 0.25) is 5.82 Å². The number of aliphatic hydroxyl groups excluding tert-OH is 1. The highest BCUT2D eigenvalue weighted by atomic mass is 16.6. The average molecular weight is 415 g/mol. The number of aliphatic hydroxyl groups is 1. The van der Waals surface area contributed by atoms with Crippen molar-refractivity contribution in [2.24, 2.45) is 0 Å². The van der Waals surface area contributed by atoms with E-state index in [-0.39, 0.29) is 17.1 Å². The molecule has 0 aliphatic rings. The number of hydrogen-bond acceptors (Lipinski definition) is 8. The number of carboxylic acids is 1. The molecule has 2 amide bonds. The lowest BCUT2D eigenvalue weighted by molar-refractivity contribution is -0.384. The molecule has 0 fully saturated rings. The van der Waals surface area contributed by atoms with Gasteiger partial charge in [0.1, 0.15) is 5.70 Å². The normalized spacial score (nSPS) is 11.8. The first-order valence-electron chi connectivity index (χ1n) is 8.40. The number of benzene rings is 1. The Hall–Kier alpha value is -4.32. The predicted octanol–water partition coefficient (Wildman–Crippen LogP) is 0.235. The number of pyridine rings is 1. The number of rotatable bonds is 9. The summed E-state index contributed by atoms with van der Waals surface area (Å²) in [5.41, 5.74) is -0.637. The van der Waals surface area contributed by atoms with E-state index in [2.05, 4.69) is 15.6 Å². The molecule has 1 aromatic heterocycles. The molecule has 2 aromatic rings. The second kappa shape index (κ2) is 10.3. The third-order valence-electron chi connectivity index (χ3n) is 3.65. The number of nitro groups is 1. The molecule has 0 saturated heterocycles. The van der Waals surface area contributed by atoms with Crippen LogP contribution < -0.4 is 16.0 Å². The van der Waals surface area contributed by atoms with Crippen molar-refractivity contribution in [3.63, 3.8) is 0 Å². The van der Waals surface area contributed by atoms with Gasteiger partial charge in [-0.05, 0) is 18.2 Å². The van der Waals surface area contributed by atoms with Crippen molar-refractivity contribution in [3.05, 3.63) is 76.2 Å². The summed E-state index contributed by atoms with van der Waals surface area (Å²) in [6, 6.07) is 8.74. The van der Waals surface area contributed by atoms with Gasteiger partial charge in [0.05, 0.1) is 11.5 Å². The van der Waals surface area contributed by atoms with E-state index in [1.54, 1.807) is 18.2 Å². The van der Waals surface area contributed by atoms with Gasteiger partial charge in [-0.3, -0.25) is 19.7 Å². The Kier molecular flexibility index (Phi) is 7.53. The minimum atomic E-state index is -1.63.